The second kappa shape index (κ2) is 9.14. The summed E-state index contributed by atoms with van der Waals surface area (Å²) in [6.07, 6.45) is 5.36. The monoisotopic (exact) mass is 359 g/mol. The molecule has 6 heteroatoms. The fourth-order valence-corrected chi connectivity index (χ4v) is 3.89. The molecule has 0 spiro atoms. The Morgan fingerprint density at radius 1 is 1.15 bits per heavy atom. The number of hydrogen-bond acceptors (Lipinski definition) is 4. The van der Waals surface area contributed by atoms with Gasteiger partial charge in [0.2, 0.25) is 5.91 Å². The van der Waals surface area contributed by atoms with Crippen molar-refractivity contribution in [1.29, 1.82) is 0 Å². The molecule has 6 nitrogen and oxygen atoms in total. The molecule has 1 aromatic rings. The van der Waals surface area contributed by atoms with Gasteiger partial charge >= 0.3 is 0 Å². The van der Waals surface area contributed by atoms with Crippen LogP contribution < -0.4 is 5.32 Å². The van der Waals surface area contributed by atoms with Crippen LogP contribution in [0.5, 0.6) is 0 Å². The van der Waals surface area contributed by atoms with Gasteiger partial charge in [-0.05, 0) is 50.0 Å². The van der Waals surface area contributed by atoms with Crippen LogP contribution in [0.3, 0.4) is 0 Å². The van der Waals surface area contributed by atoms with Crippen LogP contribution in [0.15, 0.2) is 24.3 Å². The molecule has 0 bridgehead atoms. The van der Waals surface area contributed by atoms with E-state index in [0.717, 1.165) is 25.2 Å². The van der Waals surface area contributed by atoms with Crippen molar-refractivity contribution in [2.24, 2.45) is 0 Å². The zero-order valence-electron chi connectivity index (χ0n) is 15.3. The topological polar surface area (TPSA) is 72.9 Å². The summed E-state index contributed by atoms with van der Waals surface area (Å²) in [5.74, 6) is -0.310. The minimum atomic E-state index is -0.587. The summed E-state index contributed by atoms with van der Waals surface area (Å²) in [6, 6.07) is 7.17. The summed E-state index contributed by atoms with van der Waals surface area (Å²) in [4.78, 5) is 29.1. The van der Waals surface area contributed by atoms with E-state index in [1.807, 2.05) is 18.2 Å². The molecule has 2 aliphatic rings. The number of carbonyl (C=O) groups is 2. The van der Waals surface area contributed by atoms with Gasteiger partial charge in [0.1, 0.15) is 6.04 Å². The third-order valence-corrected chi connectivity index (χ3v) is 5.27. The van der Waals surface area contributed by atoms with Crippen molar-refractivity contribution in [3.63, 3.8) is 0 Å². The van der Waals surface area contributed by atoms with Gasteiger partial charge in [0.25, 0.3) is 5.91 Å². The highest BCUT2D eigenvalue weighted by atomic mass is 16.3. The molecule has 2 saturated heterocycles. The van der Waals surface area contributed by atoms with Crippen LogP contribution in [-0.4, -0.2) is 65.5 Å². The Hall–Kier alpha value is -1.92. The molecule has 0 radical (unpaired) electrons. The molecular weight excluding hydrogens is 330 g/mol. The first-order chi connectivity index (χ1) is 12.7. The van der Waals surface area contributed by atoms with Gasteiger partial charge in [-0.15, -0.1) is 0 Å². The van der Waals surface area contributed by atoms with Crippen molar-refractivity contribution in [2.75, 3.05) is 32.8 Å². The Bertz CT molecular complexity index is 626. The maximum absolute atomic E-state index is 13.0. The molecule has 1 aromatic carbocycles. The maximum Gasteiger partial charge on any atom is 0.254 e. The first kappa shape index (κ1) is 18.9. The van der Waals surface area contributed by atoms with E-state index in [9.17, 15) is 14.7 Å². The number of aliphatic hydroxyl groups excluding tert-OH is 1. The van der Waals surface area contributed by atoms with Crippen molar-refractivity contribution in [3.05, 3.63) is 35.4 Å². The van der Waals surface area contributed by atoms with E-state index in [0.29, 0.717) is 18.7 Å². The molecule has 2 fully saturated rings. The third kappa shape index (κ3) is 4.62. The lowest BCUT2D eigenvalue weighted by atomic mass is 10.0. The minimum absolute atomic E-state index is 0.114. The van der Waals surface area contributed by atoms with Gasteiger partial charge in [-0.1, -0.05) is 25.0 Å². The Morgan fingerprint density at radius 3 is 2.65 bits per heavy atom. The third-order valence-electron chi connectivity index (χ3n) is 5.27. The van der Waals surface area contributed by atoms with Crippen molar-refractivity contribution in [3.8, 4) is 0 Å². The summed E-state index contributed by atoms with van der Waals surface area (Å²) < 4.78 is 0. The molecule has 0 aliphatic carbocycles. The molecule has 26 heavy (non-hydrogen) atoms. The van der Waals surface area contributed by atoms with Crippen LogP contribution in [-0.2, 0) is 11.3 Å². The highest BCUT2D eigenvalue weighted by Gasteiger charge is 2.33. The molecule has 1 atom stereocenters. The number of likely N-dealkylation sites (tertiary alicyclic amines) is 1. The number of carbonyl (C=O) groups excluding carboxylic acids is 2. The van der Waals surface area contributed by atoms with Crippen molar-refractivity contribution < 1.29 is 14.7 Å². The van der Waals surface area contributed by atoms with Crippen LogP contribution in [0.2, 0.25) is 0 Å². The van der Waals surface area contributed by atoms with Crippen LogP contribution in [0.1, 0.15) is 48.0 Å². The molecule has 142 valence electrons. The van der Waals surface area contributed by atoms with E-state index in [1.165, 1.54) is 25.7 Å². The zero-order valence-corrected chi connectivity index (χ0v) is 15.3. The fraction of sp³-hybridized carbons (Fsp3) is 0.600. The van der Waals surface area contributed by atoms with Crippen LogP contribution in [0.4, 0.5) is 0 Å². The van der Waals surface area contributed by atoms with E-state index in [4.69, 9.17) is 0 Å². The molecule has 2 heterocycles. The average molecular weight is 359 g/mol. The average Bonchev–Trinajstić information content (AvgIpc) is 2.92. The van der Waals surface area contributed by atoms with Gasteiger partial charge in [0.05, 0.1) is 0 Å². The number of aliphatic hydroxyl groups is 1. The Kier molecular flexibility index (Phi) is 6.63. The molecule has 2 amide bonds. The lowest BCUT2D eigenvalue weighted by Crippen LogP contribution is -2.57. The quantitative estimate of drug-likeness (QED) is 0.833. The summed E-state index contributed by atoms with van der Waals surface area (Å²) in [7, 11) is 0. The SMILES string of the molecule is O=C1NCCN(C(=O)c2cccc(CN3CCCCCC3)c2)[C@@H]1CCO. The van der Waals surface area contributed by atoms with E-state index in [2.05, 4.69) is 16.3 Å². The normalized spacial score (nSPS) is 22.0. The van der Waals surface area contributed by atoms with Gasteiger partial charge in [-0.25, -0.2) is 0 Å². The second-order valence-corrected chi connectivity index (χ2v) is 7.21. The van der Waals surface area contributed by atoms with Gasteiger partial charge in [0.15, 0.2) is 0 Å². The molecule has 3 rings (SSSR count). The standard InChI is InChI=1S/C20H29N3O3/c24-13-8-18-19(25)21-9-12-23(18)20(26)17-7-5-6-16(14-17)15-22-10-3-1-2-4-11-22/h5-7,14,18,24H,1-4,8-13,15H2,(H,21,25)/t18-/m1/s1. The summed E-state index contributed by atoms with van der Waals surface area (Å²) in [5, 5.41) is 12.0. The maximum atomic E-state index is 13.0. The van der Waals surface area contributed by atoms with Crippen molar-refractivity contribution >= 4 is 11.8 Å². The predicted molar refractivity (Wildman–Crippen MR) is 99.7 cm³/mol. The van der Waals surface area contributed by atoms with Gasteiger partial charge < -0.3 is 15.3 Å². The van der Waals surface area contributed by atoms with Gasteiger partial charge in [0, 0.05) is 31.8 Å². The number of nitrogens with zero attached hydrogens (tertiary/aromatic N) is 2. The van der Waals surface area contributed by atoms with Crippen molar-refractivity contribution in [2.45, 2.75) is 44.7 Å². The molecular formula is C20H29N3O3. The smallest absolute Gasteiger partial charge is 0.254 e. The summed E-state index contributed by atoms with van der Waals surface area (Å²) >= 11 is 0. The highest BCUT2D eigenvalue weighted by Crippen LogP contribution is 2.17. The van der Waals surface area contributed by atoms with E-state index in [-0.39, 0.29) is 24.8 Å². The lowest BCUT2D eigenvalue weighted by Gasteiger charge is -2.35. The van der Waals surface area contributed by atoms with Crippen LogP contribution in [0.25, 0.3) is 0 Å². The molecule has 2 aliphatic heterocycles. The number of amides is 2. The van der Waals surface area contributed by atoms with Crippen LogP contribution in [0, 0.1) is 0 Å². The number of hydrogen-bond donors (Lipinski definition) is 2. The Labute approximate surface area is 155 Å². The summed E-state index contributed by atoms with van der Waals surface area (Å²) in [5.41, 5.74) is 1.76. The molecule has 2 N–H and O–H groups in total. The number of rotatable bonds is 5. The predicted octanol–water partition coefficient (Wildman–Crippen LogP) is 1.39. The van der Waals surface area contributed by atoms with E-state index < -0.39 is 6.04 Å². The molecule has 0 unspecified atom stereocenters. The van der Waals surface area contributed by atoms with E-state index >= 15 is 0 Å². The Balaban J connectivity index is 1.71. The number of piperazine rings is 1. The largest absolute Gasteiger partial charge is 0.396 e. The highest BCUT2D eigenvalue weighted by molar-refractivity contribution is 5.98. The zero-order chi connectivity index (χ0) is 18.4. The van der Waals surface area contributed by atoms with E-state index in [1.54, 1.807) is 4.90 Å². The van der Waals surface area contributed by atoms with Crippen LogP contribution >= 0.6 is 0 Å². The lowest BCUT2D eigenvalue weighted by molar-refractivity contribution is -0.128. The van der Waals surface area contributed by atoms with Gasteiger partial charge in [-0.2, -0.15) is 0 Å². The fourth-order valence-electron chi connectivity index (χ4n) is 3.89. The minimum Gasteiger partial charge on any atom is -0.396 e. The second-order valence-electron chi connectivity index (χ2n) is 7.21. The van der Waals surface area contributed by atoms with Crippen molar-refractivity contribution in [1.82, 2.24) is 15.1 Å². The number of benzene rings is 1. The number of nitrogens with one attached hydrogen (secondary N) is 1. The Morgan fingerprint density at radius 2 is 1.92 bits per heavy atom. The van der Waals surface area contributed by atoms with Gasteiger partial charge in [-0.3, -0.25) is 14.5 Å². The first-order valence-corrected chi connectivity index (χ1v) is 9.70. The molecule has 0 saturated carbocycles. The molecule has 0 aromatic heterocycles. The first-order valence-electron chi connectivity index (χ1n) is 9.70. The summed E-state index contributed by atoms with van der Waals surface area (Å²) in [6.45, 7) is 3.91.